The number of halogens is 1. The van der Waals surface area contributed by atoms with Crippen LogP contribution in [-0.4, -0.2) is 38.0 Å². The van der Waals surface area contributed by atoms with Crippen molar-refractivity contribution >= 4 is 5.91 Å². The third-order valence-corrected chi connectivity index (χ3v) is 4.56. The van der Waals surface area contributed by atoms with E-state index in [9.17, 15) is 9.18 Å². The highest BCUT2D eigenvalue weighted by Crippen LogP contribution is 2.25. The van der Waals surface area contributed by atoms with Gasteiger partial charge in [-0.05, 0) is 44.6 Å². The minimum atomic E-state index is -0.500. The van der Waals surface area contributed by atoms with Crippen LogP contribution in [0.15, 0.2) is 24.3 Å². The molecule has 0 aromatic heterocycles. The van der Waals surface area contributed by atoms with Gasteiger partial charge in [-0.1, -0.05) is 26.0 Å². The smallest absolute Gasteiger partial charge is 0.227 e. The van der Waals surface area contributed by atoms with Crippen LogP contribution in [0.4, 0.5) is 4.39 Å². The molecule has 0 radical (unpaired) electrons. The van der Waals surface area contributed by atoms with Crippen LogP contribution in [-0.2, 0) is 4.79 Å². The number of likely N-dealkylation sites (N-methyl/N-ethyl adjacent to an activating group) is 1. The molecule has 1 aromatic rings. The third kappa shape index (κ3) is 4.27. The van der Waals surface area contributed by atoms with Crippen molar-refractivity contribution in [3.8, 4) is 0 Å². The first-order valence-corrected chi connectivity index (χ1v) is 7.80. The van der Waals surface area contributed by atoms with Gasteiger partial charge in [0.15, 0.2) is 0 Å². The van der Waals surface area contributed by atoms with Crippen LogP contribution in [0.1, 0.15) is 38.3 Å². The van der Waals surface area contributed by atoms with Crippen molar-refractivity contribution in [2.75, 3.05) is 27.2 Å². The van der Waals surface area contributed by atoms with E-state index in [4.69, 9.17) is 5.73 Å². The maximum Gasteiger partial charge on any atom is 0.227 e. The number of nitrogens with two attached hydrogens (primary N) is 1. The van der Waals surface area contributed by atoms with Crippen molar-refractivity contribution in [3.05, 3.63) is 35.6 Å². The van der Waals surface area contributed by atoms with Gasteiger partial charge in [-0.15, -0.1) is 0 Å². The highest BCUT2D eigenvalue weighted by atomic mass is 19.1. The fourth-order valence-electron chi connectivity index (χ4n) is 2.61. The van der Waals surface area contributed by atoms with Crippen LogP contribution in [0.5, 0.6) is 0 Å². The lowest BCUT2D eigenvalue weighted by Gasteiger charge is -2.31. The minimum absolute atomic E-state index is 0.00559. The van der Waals surface area contributed by atoms with Crippen molar-refractivity contribution in [2.24, 2.45) is 11.1 Å². The Kier molecular flexibility index (Phi) is 6.97. The van der Waals surface area contributed by atoms with E-state index in [1.807, 2.05) is 32.8 Å². The summed E-state index contributed by atoms with van der Waals surface area (Å²) in [5, 5.41) is 3.02. The Morgan fingerprint density at radius 3 is 2.23 bits per heavy atom. The number of rotatable bonds is 8. The maximum atomic E-state index is 13.1. The van der Waals surface area contributed by atoms with Crippen LogP contribution in [0.3, 0.4) is 0 Å². The Hall–Kier alpha value is -1.46. The SMILES string of the molecule is CCC(CC)(CN)C(=O)NCC(c1ccc(F)cc1)N(C)C. The number of benzene rings is 1. The summed E-state index contributed by atoms with van der Waals surface area (Å²) in [5.74, 6) is -0.265. The highest BCUT2D eigenvalue weighted by molar-refractivity contribution is 5.82. The topological polar surface area (TPSA) is 58.4 Å². The van der Waals surface area contributed by atoms with Gasteiger partial charge in [0.05, 0.1) is 11.5 Å². The summed E-state index contributed by atoms with van der Waals surface area (Å²) in [6.07, 6.45) is 1.43. The molecule has 0 bridgehead atoms. The van der Waals surface area contributed by atoms with Crippen LogP contribution >= 0.6 is 0 Å². The summed E-state index contributed by atoms with van der Waals surface area (Å²) in [6, 6.07) is 6.38. The monoisotopic (exact) mass is 309 g/mol. The number of carbonyl (C=O) groups excluding carboxylic acids is 1. The first-order valence-electron chi connectivity index (χ1n) is 7.80. The second-order valence-corrected chi connectivity index (χ2v) is 5.93. The average Bonchev–Trinajstić information content (AvgIpc) is 2.51. The quantitative estimate of drug-likeness (QED) is 0.775. The highest BCUT2D eigenvalue weighted by Gasteiger charge is 2.33. The Bertz CT molecular complexity index is 461. The van der Waals surface area contributed by atoms with E-state index in [-0.39, 0.29) is 17.8 Å². The van der Waals surface area contributed by atoms with E-state index in [0.29, 0.717) is 13.1 Å². The molecule has 0 spiro atoms. The van der Waals surface area contributed by atoms with Gasteiger partial charge in [0.25, 0.3) is 0 Å². The molecular weight excluding hydrogens is 281 g/mol. The second kappa shape index (κ2) is 8.25. The molecule has 3 N–H and O–H groups in total. The zero-order valence-corrected chi connectivity index (χ0v) is 14.0. The molecule has 1 rings (SSSR count). The minimum Gasteiger partial charge on any atom is -0.354 e. The normalized spacial score (nSPS) is 13.2. The molecule has 0 saturated carbocycles. The fourth-order valence-corrected chi connectivity index (χ4v) is 2.61. The molecule has 1 aromatic carbocycles. The van der Waals surface area contributed by atoms with Crippen molar-refractivity contribution in [3.63, 3.8) is 0 Å². The van der Waals surface area contributed by atoms with E-state index in [0.717, 1.165) is 18.4 Å². The van der Waals surface area contributed by atoms with Gasteiger partial charge < -0.3 is 16.0 Å². The summed E-state index contributed by atoms with van der Waals surface area (Å²) in [4.78, 5) is 14.5. The van der Waals surface area contributed by atoms with E-state index in [2.05, 4.69) is 5.32 Å². The molecule has 0 saturated heterocycles. The number of amides is 1. The van der Waals surface area contributed by atoms with Crippen molar-refractivity contribution in [1.82, 2.24) is 10.2 Å². The molecule has 22 heavy (non-hydrogen) atoms. The molecule has 1 amide bonds. The molecule has 0 heterocycles. The first-order chi connectivity index (χ1) is 10.4. The summed E-state index contributed by atoms with van der Waals surface area (Å²) < 4.78 is 13.1. The molecule has 1 atom stereocenters. The number of hydrogen-bond donors (Lipinski definition) is 2. The van der Waals surface area contributed by atoms with Crippen LogP contribution < -0.4 is 11.1 Å². The van der Waals surface area contributed by atoms with Crippen LogP contribution in [0, 0.1) is 11.2 Å². The molecule has 0 fully saturated rings. The van der Waals surface area contributed by atoms with E-state index in [1.165, 1.54) is 12.1 Å². The number of carbonyl (C=O) groups is 1. The summed E-state index contributed by atoms with van der Waals surface area (Å²) in [7, 11) is 3.88. The van der Waals surface area contributed by atoms with Gasteiger partial charge in [-0.3, -0.25) is 4.79 Å². The largest absolute Gasteiger partial charge is 0.354 e. The molecule has 0 aliphatic carbocycles. The number of nitrogens with one attached hydrogen (secondary N) is 1. The zero-order valence-electron chi connectivity index (χ0n) is 14.0. The van der Waals surface area contributed by atoms with Crippen LogP contribution in [0.25, 0.3) is 0 Å². The van der Waals surface area contributed by atoms with Gasteiger partial charge in [-0.2, -0.15) is 0 Å². The summed E-state index contributed by atoms with van der Waals surface area (Å²) in [5.41, 5.74) is 6.28. The van der Waals surface area contributed by atoms with Crippen molar-refractivity contribution in [1.29, 1.82) is 0 Å². The lowest BCUT2D eigenvalue weighted by Crippen LogP contribution is -2.47. The molecule has 0 aliphatic heterocycles. The molecule has 5 heteroatoms. The fraction of sp³-hybridized carbons (Fsp3) is 0.588. The van der Waals surface area contributed by atoms with Gasteiger partial charge in [0, 0.05) is 13.1 Å². The molecule has 1 unspecified atom stereocenters. The lowest BCUT2D eigenvalue weighted by molar-refractivity contribution is -0.131. The standard InChI is InChI=1S/C17H28FN3O/c1-5-17(6-2,12-19)16(22)20-11-15(21(3)4)13-7-9-14(18)10-8-13/h7-10,15H,5-6,11-12,19H2,1-4H3,(H,20,22). The van der Waals surface area contributed by atoms with Crippen molar-refractivity contribution in [2.45, 2.75) is 32.7 Å². The van der Waals surface area contributed by atoms with Gasteiger partial charge in [0.1, 0.15) is 5.82 Å². The zero-order chi connectivity index (χ0) is 16.8. The summed E-state index contributed by atoms with van der Waals surface area (Å²) >= 11 is 0. The Morgan fingerprint density at radius 2 is 1.82 bits per heavy atom. The van der Waals surface area contributed by atoms with Gasteiger partial charge >= 0.3 is 0 Å². The second-order valence-electron chi connectivity index (χ2n) is 5.93. The predicted octanol–water partition coefficient (Wildman–Crippen LogP) is 2.31. The van der Waals surface area contributed by atoms with Crippen LogP contribution in [0.2, 0.25) is 0 Å². The molecule has 4 nitrogen and oxygen atoms in total. The predicted molar refractivity (Wildman–Crippen MR) is 87.9 cm³/mol. The average molecular weight is 309 g/mol. The Balaban J connectivity index is 2.81. The number of nitrogens with zero attached hydrogens (tertiary/aromatic N) is 1. The Morgan fingerprint density at radius 1 is 1.27 bits per heavy atom. The van der Waals surface area contributed by atoms with E-state index in [1.54, 1.807) is 12.1 Å². The molecule has 0 aliphatic rings. The van der Waals surface area contributed by atoms with Gasteiger partial charge in [-0.25, -0.2) is 4.39 Å². The number of hydrogen-bond acceptors (Lipinski definition) is 3. The third-order valence-electron chi connectivity index (χ3n) is 4.56. The van der Waals surface area contributed by atoms with E-state index < -0.39 is 5.41 Å². The Labute approximate surface area is 132 Å². The molecule has 124 valence electrons. The lowest BCUT2D eigenvalue weighted by atomic mass is 9.81. The van der Waals surface area contributed by atoms with Crippen molar-refractivity contribution < 1.29 is 9.18 Å². The van der Waals surface area contributed by atoms with Gasteiger partial charge in [0.2, 0.25) is 5.91 Å². The summed E-state index contributed by atoms with van der Waals surface area (Å²) in [6.45, 7) is 4.78. The molecular formula is C17H28FN3O. The van der Waals surface area contributed by atoms with E-state index >= 15 is 0 Å². The first kappa shape index (κ1) is 18.6. The maximum absolute atomic E-state index is 13.1.